The number of hydrogen-bond donors (Lipinski definition) is 0. The van der Waals surface area contributed by atoms with Gasteiger partial charge < -0.3 is 23.1 Å². The van der Waals surface area contributed by atoms with E-state index in [0.717, 1.165) is 112 Å². The van der Waals surface area contributed by atoms with E-state index in [2.05, 4.69) is 244 Å². The van der Waals surface area contributed by atoms with Crippen molar-refractivity contribution in [2.24, 2.45) is 0 Å². The fraction of sp³-hybridized carbons (Fsp3) is 0.0986. The molecule has 0 unspecified atom stereocenters. The molecule has 15 aromatic rings. The van der Waals surface area contributed by atoms with Crippen molar-refractivity contribution in [2.75, 3.05) is 9.80 Å². The molecule has 5 nitrogen and oxygen atoms in total. The third-order valence-corrected chi connectivity index (χ3v) is 16.6. The van der Waals surface area contributed by atoms with Crippen LogP contribution in [0.1, 0.15) is 61.8 Å². The van der Waals surface area contributed by atoms with Gasteiger partial charge in [0, 0.05) is 49.5 Å². The molecule has 5 heteroatoms. The van der Waals surface area contributed by atoms with Crippen molar-refractivity contribution in [2.45, 2.75) is 46.0 Å². The smallest absolute Gasteiger partial charge is 0.159 e. The number of fused-ring (bicyclic) bond motifs is 12. The van der Waals surface area contributed by atoms with Gasteiger partial charge in [0.25, 0.3) is 0 Å². The highest BCUT2D eigenvalue weighted by atomic mass is 16.3. The third-order valence-electron chi connectivity index (χ3n) is 16.6. The number of rotatable bonds is 8. The number of nitrogens with zero attached hydrogens (tertiary/aromatic N) is 2. The van der Waals surface area contributed by atoms with Crippen molar-refractivity contribution in [3.8, 4) is 11.1 Å². The molecule has 0 spiro atoms. The first-order valence-corrected chi connectivity index (χ1v) is 26.7. The lowest BCUT2D eigenvalue weighted by molar-refractivity contribution is 0.666. The van der Waals surface area contributed by atoms with Crippen LogP contribution in [0.2, 0.25) is 0 Å². The Bertz CT molecular complexity index is 4780. The highest BCUT2D eigenvalue weighted by molar-refractivity contribution is 6.30. The first-order chi connectivity index (χ1) is 37.4. The number of benzene rings is 12. The normalized spacial score (nSPS) is 12.7. The zero-order valence-corrected chi connectivity index (χ0v) is 42.6. The maximum absolute atomic E-state index is 7.00. The summed E-state index contributed by atoms with van der Waals surface area (Å²) in [6.45, 7) is 9.33. The van der Waals surface area contributed by atoms with Gasteiger partial charge in [-0.15, -0.1) is 0 Å². The quantitative estimate of drug-likeness (QED) is 0.142. The largest absolute Gasteiger partial charge is 0.454 e. The number of anilines is 6. The van der Waals surface area contributed by atoms with Gasteiger partial charge in [0.1, 0.15) is 16.7 Å². The van der Waals surface area contributed by atoms with Gasteiger partial charge in [-0.05, 0) is 121 Å². The van der Waals surface area contributed by atoms with Gasteiger partial charge in [-0.2, -0.15) is 0 Å². The van der Waals surface area contributed by atoms with Crippen LogP contribution in [-0.4, -0.2) is 0 Å². The van der Waals surface area contributed by atoms with Gasteiger partial charge in [0.05, 0.1) is 34.1 Å². The molecule has 12 aromatic carbocycles. The van der Waals surface area contributed by atoms with E-state index in [1.54, 1.807) is 0 Å². The van der Waals surface area contributed by atoms with Gasteiger partial charge >= 0.3 is 0 Å². The summed E-state index contributed by atoms with van der Waals surface area (Å²) >= 11 is 0. The maximum Gasteiger partial charge on any atom is 0.159 e. The van der Waals surface area contributed by atoms with Crippen molar-refractivity contribution in [3.63, 3.8) is 0 Å². The van der Waals surface area contributed by atoms with Gasteiger partial charge in [-0.25, -0.2) is 0 Å². The van der Waals surface area contributed by atoms with E-state index in [1.807, 2.05) is 0 Å². The monoisotopic (exact) mass is 978 g/mol. The summed E-state index contributed by atoms with van der Waals surface area (Å²) in [4.78, 5) is 4.96. The molecule has 0 radical (unpaired) electrons. The molecule has 0 saturated carbocycles. The molecule has 0 aliphatic heterocycles. The van der Waals surface area contributed by atoms with Crippen molar-refractivity contribution < 1.29 is 13.3 Å². The lowest BCUT2D eigenvalue weighted by atomic mass is 9.84. The average molecular weight is 979 g/mol. The molecule has 0 fully saturated rings. The lowest BCUT2D eigenvalue weighted by Gasteiger charge is -2.32. The van der Waals surface area contributed by atoms with E-state index >= 15 is 0 Å². The average Bonchev–Trinajstić information content (AvgIpc) is 4.35. The van der Waals surface area contributed by atoms with Crippen LogP contribution >= 0.6 is 0 Å². The Kier molecular flexibility index (Phi) is 9.13. The zero-order chi connectivity index (χ0) is 50.5. The predicted octanol–water partition coefficient (Wildman–Crippen LogP) is 21.0. The Hall–Kier alpha value is -9.32. The minimum absolute atomic E-state index is 0.189. The zero-order valence-electron chi connectivity index (χ0n) is 42.6. The molecule has 16 rings (SSSR count). The summed E-state index contributed by atoms with van der Waals surface area (Å²) in [6.07, 6.45) is 0.837. The van der Waals surface area contributed by atoms with E-state index < -0.39 is 0 Å². The summed E-state index contributed by atoms with van der Waals surface area (Å²) in [5.74, 6) is 0.392. The van der Waals surface area contributed by atoms with Crippen LogP contribution in [-0.2, 0) is 6.42 Å². The van der Waals surface area contributed by atoms with E-state index in [1.165, 1.54) is 60.3 Å². The molecule has 0 bridgehead atoms. The predicted molar refractivity (Wildman–Crippen MR) is 318 cm³/mol. The van der Waals surface area contributed by atoms with Gasteiger partial charge in [-0.1, -0.05) is 179 Å². The summed E-state index contributed by atoms with van der Waals surface area (Å²) in [7, 11) is 0. The minimum atomic E-state index is 0.189. The summed E-state index contributed by atoms with van der Waals surface area (Å²) in [5.41, 5.74) is 19.1. The maximum atomic E-state index is 7.00. The molecule has 362 valence electrons. The molecule has 0 saturated heterocycles. The Morgan fingerprint density at radius 1 is 0.316 bits per heavy atom. The van der Waals surface area contributed by atoms with E-state index in [-0.39, 0.29) is 11.8 Å². The second-order valence-electron chi connectivity index (χ2n) is 21.4. The van der Waals surface area contributed by atoms with Gasteiger partial charge in [0.15, 0.2) is 16.7 Å². The second-order valence-corrected chi connectivity index (χ2v) is 21.4. The molecule has 0 N–H and O–H groups in total. The summed E-state index contributed by atoms with van der Waals surface area (Å²) in [6, 6.07) is 75.2. The van der Waals surface area contributed by atoms with Crippen LogP contribution in [0.15, 0.2) is 220 Å². The molecular weight excluding hydrogens is 929 g/mol. The van der Waals surface area contributed by atoms with E-state index in [4.69, 9.17) is 13.3 Å². The third kappa shape index (κ3) is 6.02. The fourth-order valence-corrected chi connectivity index (χ4v) is 13.2. The van der Waals surface area contributed by atoms with Crippen LogP contribution in [0.25, 0.3) is 109 Å². The molecule has 76 heavy (non-hydrogen) atoms. The molecule has 0 atom stereocenters. The van der Waals surface area contributed by atoms with Crippen LogP contribution < -0.4 is 9.80 Å². The van der Waals surface area contributed by atoms with E-state index in [9.17, 15) is 0 Å². The summed E-state index contributed by atoms with van der Waals surface area (Å²) in [5, 5.41) is 13.8. The van der Waals surface area contributed by atoms with Crippen LogP contribution in [0, 0.1) is 0 Å². The standard InChI is InChI=1S/C71H50N2O3/c1-40(2)55-38-62(72(58-26-13-22-44-43-18-6-5-17-42(43)37-57(44)58)59-27-14-23-50-45-19-7-10-30-64(45)74-69(50)59)53-35-33-49-56(41(3)4)39-63(54-36-34-48(55)67(53)68(49)54)73(60-28-15-24-51-46-20-8-11-31-65(46)75-70(51)60)61-29-16-25-52-47-21-9-12-32-66(47)76-71(52)61/h5-36,38-41H,37H2,1-4H3. The Labute approximate surface area is 438 Å². The van der Waals surface area contributed by atoms with Crippen LogP contribution in [0.4, 0.5) is 34.1 Å². The fourth-order valence-electron chi connectivity index (χ4n) is 13.2. The lowest BCUT2D eigenvalue weighted by Crippen LogP contribution is -2.14. The second kappa shape index (κ2) is 16.1. The van der Waals surface area contributed by atoms with E-state index in [0.29, 0.717) is 0 Å². The number of para-hydroxylation sites is 6. The van der Waals surface area contributed by atoms with Crippen molar-refractivity contribution in [1.29, 1.82) is 0 Å². The molecular formula is C71H50N2O3. The molecule has 0 amide bonds. The number of hydrogen-bond acceptors (Lipinski definition) is 5. The first kappa shape index (κ1) is 43.1. The van der Waals surface area contributed by atoms with Crippen molar-refractivity contribution in [3.05, 3.63) is 229 Å². The van der Waals surface area contributed by atoms with Crippen molar-refractivity contribution >= 4 is 132 Å². The topological polar surface area (TPSA) is 45.9 Å². The Balaban J connectivity index is 1.04. The minimum Gasteiger partial charge on any atom is -0.454 e. The Morgan fingerprint density at radius 2 is 0.684 bits per heavy atom. The highest BCUT2D eigenvalue weighted by Crippen LogP contribution is 2.55. The van der Waals surface area contributed by atoms with Crippen LogP contribution in [0.3, 0.4) is 0 Å². The van der Waals surface area contributed by atoms with Gasteiger partial charge in [0.2, 0.25) is 0 Å². The molecule has 3 heterocycles. The highest BCUT2D eigenvalue weighted by Gasteiger charge is 2.32. The Morgan fingerprint density at radius 3 is 1.16 bits per heavy atom. The van der Waals surface area contributed by atoms with Crippen LogP contribution in [0.5, 0.6) is 0 Å². The van der Waals surface area contributed by atoms with Crippen molar-refractivity contribution in [1.82, 2.24) is 0 Å². The van der Waals surface area contributed by atoms with Gasteiger partial charge in [-0.3, -0.25) is 0 Å². The number of furan rings is 3. The summed E-state index contributed by atoms with van der Waals surface area (Å²) < 4.78 is 20.9. The SMILES string of the molecule is CC(C)c1cc(N(c2cccc3c2Cc2ccccc2-3)c2cccc3c2oc2ccccc23)c2ccc3c(C(C)C)cc(N(c4cccc5c4oc4ccccc45)c4cccc5c4oc4ccccc45)c4ccc1c2c34. The first-order valence-electron chi connectivity index (χ1n) is 26.7. The molecule has 3 aromatic heterocycles. The molecule has 1 aliphatic rings. The molecule has 1 aliphatic carbocycles.